The Morgan fingerprint density at radius 2 is 1.94 bits per heavy atom. The number of nitrogens with one attached hydrogen (secondary N) is 1. The number of nitrogens with two attached hydrogens (primary N) is 1. The molecule has 0 bridgehead atoms. The van der Waals surface area contributed by atoms with Crippen molar-refractivity contribution in [2.75, 3.05) is 11.1 Å². The molecule has 0 fully saturated rings. The molecule has 5 aromatic rings. The molecule has 0 radical (unpaired) electrons. The van der Waals surface area contributed by atoms with Crippen molar-refractivity contribution in [1.29, 1.82) is 0 Å². The summed E-state index contributed by atoms with van der Waals surface area (Å²) in [6.45, 7) is 0.334. The van der Waals surface area contributed by atoms with Crippen LogP contribution in [-0.4, -0.2) is 24.9 Å². The van der Waals surface area contributed by atoms with E-state index in [1.807, 2.05) is 36.4 Å². The highest BCUT2D eigenvalue weighted by atomic mass is 35.5. The molecule has 0 atom stereocenters. The Hall–Kier alpha value is -4.26. The fraction of sp³-hybridized carbons (Fsp3) is 0.0417. The first-order valence-corrected chi connectivity index (χ1v) is 11.3. The lowest BCUT2D eigenvalue weighted by molar-refractivity contribution is 0.301. The summed E-state index contributed by atoms with van der Waals surface area (Å²) in [5.74, 6) is 7.66. The van der Waals surface area contributed by atoms with Crippen molar-refractivity contribution in [3.8, 4) is 17.6 Å². The van der Waals surface area contributed by atoms with Crippen molar-refractivity contribution in [3.05, 3.63) is 88.7 Å². The third-order valence-electron chi connectivity index (χ3n) is 4.59. The number of nitrogens with zero attached hydrogens (tertiary/aromatic N) is 5. The highest BCUT2D eigenvalue weighted by Gasteiger charge is 2.10. The molecule has 0 saturated heterocycles. The number of benzene rings is 1. The van der Waals surface area contributed by atoms with Crippen LogP contribution in [0.1, 0.15) is 16.3 Å². The standard InChI is InChI=1S/C24H16ClN7OS/c25-19-9-15(5-7-21(19)33-13-17-3-1-2-8-27-17)32-24-23-20(30-14-31-24)10-18(34-23)6-4-16-11-29-22(26)12-28-16/h1-3,5,7-12,14H,13H2,(H2,26,29)(H,30,31,32). The van der Waals surface area contributed by atoms with E-state index in [1.54, 1.807) is 12.3 Å². The zero-order chi connectivity index (χ0) is 23.3. The van der Waals surface area contributed by atoms with E-state index in [4.69, 9.17) is 22.1 Å². The number of ether oxygens (including phenoxy) is 1. The monoisotopic (exact) mass is 485 g/mol. The van der Waals surface area contributed by atoms with Crippen molar-refractivity contribution in [2.45, 2.75) is 6.61 Å². The summed E-state index contributed by atoms with van der Waals surface area (Å²) in [6, 6.07) is 13.1. The molecule has 0 saturated carbocycles. The molecule has 4 aromatic heterocycles. The first kappa shape index (κ1) is 21.6. The first-order chi connectivity index (χ1) is 16.6. The van der Waals surface area contributed by atoms with Gasteiger partial charge in [-0.1, -0.05) is 17.7 Å². The highest BCUT2D eigenvalue weighted by Crippen LogP contribution is 2.33. The Morgan fingerprint density at radius 1 is 1.00 bits per heavy atom. The minimum Gasteiger partial charge on any atom is -0.486 e. The molecular formula is C24H16ClN7OS. The highest BCUT2D eigenvalue weighted by molar-refractivity contribution is 7.20. The van der Waals surface area contributed by atoms with Crippen LogP contribution in [0.25, 0.3) is 10.2 Å². The van der Waals surface area contributed by atoms with Crippen LogP contribution in [0.5, 0.6) is 5.75 Å². The summed E-state index contributed by atoms with van der Waals surface area (Å²) in [7, 11) is 0. The topological polar surface area (TPSA) is 112 Å². The normalized spacial score (nSPS) is 10.5. The number of halogens is 1. The quantitative estimate of drug-likeness (QED) is 0.340. The second-order valence-corrected chi connectivity index (χ2v) is 8.46. The summed E-state index contributed by atoms with van der Waals surface area (Å²) in [4.78, 5) is 22.0. The van der Waals surface area contributed by atoms with Crippen LogP contribution in [0.4, 0.5) is 17.3 Å². The van der Waals surface area contributed by atoms with Crippen molar-refractivity contribution >= 4 is 50.5 Å². The number of hydrogen-bond acceptors (Lipinski definition) is 9. The van der Waals surface area contributed by atoms with Crippen LogP contribution in [0.2, 0.25) is 5.02 Å². The average molecular weight is 486 g/mol. The van der Waals surface area contributed by atoms with Crippen LogP contribution in [0, 0.1) is 11.8 Å². The molecule has 5 rings (SSSR count). The summed E-state index contributed by atoms with van der Waals surface area (Å²) < 4.78 is 6.67. The van der Waals surface area contributed by atoms with Crippen LogP contribution >= 0.6 is 22.9 Å². The second kappa shape index (κ2) is 9.70. The second-order valence-electron chi connectivity index (χ2n) is 7.00. The maximum atomic E-state index is 6.44. The van der Waals surface area contributed by atoms with Gasteiger partial charge in [-0.05, 0) is 48.2 Å². The molecule has 10 heteroatoms. The van der Waals surface area contributed by atoms with E-state index in [-0.39, 0.29) is 0 Å². The number of aromatic nitrogens is 5. The van der Waals surface area contributed by atoms with Gasteiger partial charge >= 0.3 is 0 Å². The van der Waals surface area contributed by atoms with Crippen molar-refractivity contribution < 1.29 is 4.74 Å². The summed E-state index contributed by atoms with van der Waals surface area (Å²) in [6.07, 6.45) is 6.24. The molecule has 0 amide bonds. The molecule has 0 aliphatic rings. The van der Waals surface area contributed by atoms with Gasteiger partial charge < -0.3 is 15.8 Å². The molecule has 0 unspecified atom stereocenters. The number of thiophene rings is 1. The summed E-state index contributed by atoms with van der Waals surface area (Å²) in [5, 5.41) is 3.78. The summed E-state index contributed by atoms with van der Waals surface area (Å²) in [5.41, 5.74) is 8.48. The molecule has 4 heterocycles. The van der Waals surface area contributed by atoms with E-state index in [0.717, 1.165) is 26.5 Å². The minimum atomic E-state index is 0.334. The first-order valence-electron chi connectivity index (χ1n) is 10.1. The smallest absolute Gasteiger partial charge is 0.151 e. The molecule has 166 valence electrons. The Labute approximate surface area is 203 Å². The number of anilines is 3. The average Bonchev–Trinajstić information content (AvgIpc) is 3.28. The largest absolute Gasteiger partial charge is 0.486 e. The molecule has 0 spiro atoms. The zero-order valence-electron chi connectivity index (χ0n) is 17.6. The number of pyridine rings is 1. The Bertz CT molecular complexity index is 1510. The summed E-state index contributed by atoms with van der Waals surface area (Å²) >= 11 is 7.92. The van der Waals surface area contributed by atoms with Gasteiger partial charge in [-0.15, -0.1) is 11.3 Å². The van der Waals surface area contributed by atoms with Gasteiger partial charge in [-0.2, -0.15) is 0 Å². The van der Waals surface area contributed by atoms with Crippen molar-refractivity contribution in [2.24, 2.45) is 0 Å². The van der Waals surface area contributed by atoms with Gasteiger partial charge in [0.05, 0.1) is 38.2 Å². The van der Waals surface area contributed by atoms with E-state index in [2.05, 4.69) is 42.1 Å². The maximum absolute atomic E-state index is 6.44. The Balaban J connectivity index is 1.33. The molecule has 3 N–H and O–H groups in total. The van der Waals surface area contributed by atoms with Crippen LogP contribution in [-0.2, 0) is 6.61 Å². The van der Waals surface area contributed by atoms with Crippen LogP contribution in [0.15, 0.2) is 67.4 Å². The van der Waals surface area contributed by atoms with Gasteiger partial charge in [0, 0.05) is 11.9 Å². The number of fused-ring (bicyclic) bond motifs is 1. The maximum Gasteiger partial charge on any atom is 0.151 e. The fourth-order valence-corrected chi connectivity index (χ4v) is 4.15. The van der Waals surface area contributed by atoms with Gasteiger partial charge in [0.15, 0.2) is 5.82 Å². The molecule has 8 nitrogen and oxygen atoms in total. The Kier molecular flexibility index (Phi) is 6.16. The number of hydrogen-bond donors (Lipinski definition) is 2. The fourth-order valence-electron chi connectivity index (χ4n) is 3.00. The molecular weight excluding hydrogens is 470 g/mol. The molecule has 34 heavy (non-hydrogen) atoms. The van der Waals surface area contributed by atoms with E-state index < -0.39 is 0 Å². The van der Waals surface area contributed by atoms with Crippen molar-refractivity contribution in [1.82, 2.24) is 24.9 Å². The SMILES string of the molecule is Nc1cnc(C#Cc2cc3ncnc(Nc4ccc(OCc5ccccn5)c(Cl)c4)c3s2)cn1. The molecule has 1 aromatic carbocycles. The van der Waals surface area contributed by atoms with Crippen molar-refractivity contribution in [3.63, 3.8) is 0 Å². The predicted octanol–water partition coefficient (Wildman–Crippen LogP) is 4.83. The molecule has 0 aliphatic carbocycles. The lowest BCUT2D eigenvalue weighted by Crippen LogP contribution is -1.99. The van der Waals surface area contributed by atoms with Gasteiger partial charge in [-0.25, -0.2) is 19.9 Å². The van der Waals surface area contributed by atoms with Crippen LogP contribution < -0.4 is 15.8 Å². The third-order valence-corrected chi connectivity index (χ3v) is 5.93. The lowest BCUT2D eigenvalue weighted by atomic mass is 10.3. The van der Waals surface area contributed by atoms with Crippen LogP contribution in [0.3, 0.4) is 0 Å². The third kappa shape index (κ3) is 5.04. The van der Waals surface area contributed by atoms with E-state index in [1.165, 1.54) is 30.1 Å². The Morgan fingerprint density at radius 3 is 2.74 bits per heavy atom. The predicted molar refractivity (Wildman–Crippen MR) is 133 cm³/mol. The van der Waals surface area contributed by atoms with E-state index in [0.29, 0.717) is 34.7 Å². The molecule has 0 aliphatic heterocycles. The zero-order valence-corrected chi connectivity index (χ0v) is 19.1. The van der Waals surface area contributed by atoms with E-state index >= 15 is 0 Å². The lowest BCUT2D eigenvalue weighted by Gasteiger charge is -2.11. The minimum absolute atomic E-state index is 0.334. The van der Waals surface area contributed by atoms with Gasteiger partial charge in [0.1, 0.15) is 30.2 Å². The number of rotatable bonds is 5. The van der Waals surface area contributed by atoms with Gasteiger partial charge in [0.25, 0.3) is 0 Å². The van der Waals surface area contributed by atoms with Gasteiger partial charge in [0.2, 0.25) is 0 Å². The van der Waals surface area contributed by atoms with Gasteiger partial charge in [-0.3, -0.25) is 4.98 Å². The van der Waals surface area contributed by atoms with E-state index in [9.17, 15) is 0 Å². The number of nitrogen functional groups attached to an aromatic ring is 1.